The molecule has 0 saturated carbocycles. The van der Waals surface area contributed by atoms with Crippen LogP contribution in [0.25, 0.3) is 0 Å². The normalized spacial score (nSPS) is 13.2. The van der Waals surface area contributed by atoms with Crippen molar-refractivity contribution in [1.29, 1.82) is 5.26 Å². The molecule has 1 unspecified atom stereocenters. The van der Waals surface area contributed by atoms with Gasteiger partial charge in [-0.05, 0) is 25.9 Å². The van der Waals surface area contributed by atoms with Gasteiger partial charge in [0.2, 0.25) is 0 Å². The fourth-order valence-corrected chi connectivity index (χ4v) is 1.52. The average Bonchev–Trinajstić information content (AvgIpc) is 2.11. The molecule has 3 nitrogen and oxygen atoms in total. The molecule has 0 aliphatic heterocycles. The number of nitrogens with one attached hydrogen (secondary N) is 1. The van der Waals surface area contributed by atoms with E-state index in [1.165, 1.54) is 0 Å². The molecular weight excluding hydrogens is 174 g/mol. The zero-order valence-corrected chi connectivity index (χ0v) is 9.88. The molecule has 0 aromatic heterocycles. The van der Waals surface area contributed by atoms with Crippen LogP contribution in [0.3, 0.4) is 0 Å². The van der Waals surface area contributed by atoms with Gasteiger partial charge in [-0.15, -0.1) is 0 Å². The van der Waals surface area contributed by atoms with Crippen molar-refractivity contribution in [1.82, 2.24) is 10.2 Å². The number of nitrogens with zero attached hydrogens (tertiary/aromatic N) is 2. The van der Waals surface area contributed by atoms with E-state index in [1.54, 1.807) is 0 Å². The van der Waals surface area contributed by atoms with Gasteiger partial charge in [-0.1, -0.05) is 20.8 Å². The highest BCUT2D eigenvalue weighted by Crippen LogP contribution is 1.98. The third-order valence-corrected chi connectivity index (χ3v) is 2.08. The zero-order valence-electron chi connectivity index (χ0n) is 9.88. The quantitative estimate of drug-likeness (QED) is 0.671. The molecule has 82 valence electrons. The highest BCUT2D eigenvalue weighted by Gasteiger charge is 2.07. The Kier molecular flexibility index (Phi) is 7.45. The van der Waals surface area contributed by atoms with Crippen LogP contribution in [0.2, 0.25) is 0 Å². The lowest BCUT2D eigenvalue weighted by molar-refractivity contribution is 0.284. The maximum absolute atomic E-state index is 8.82. The van der Waals surface area contributed by atoms with Crippen molar-refractivity contribution in [2.75, 3.05) is 26.7 Å². The summed E-state index contributed by atoms with van der Waals surface area (Å²) in [4.78, 5) is 2.28. The lowest BCUT2D eigenvalue weighted by atomic mass is 10.2. The minimum absolute atomic E-state index is 0.00890. The van der Waals surface area contributed by atoms with Gasteiger partial charge >= 0.3 is 0 Å². The summed E-state index contributed by atoms with van der Waals surface area (Å²) < 4.78 is 0. The topological polar surface area (TPSA) is 39.1 Å². The van der Waals surface area contributed by atoms with E-state index in [4.69, 9.17) is 5.26 Å². The molecule has 0 fully saturated rings. The Balaban J connectivity index is 3.63. The van der Waals surface area contributed by atoms with Gasteiger partial charge in [0.15, 0.2) is 0 Å². The van der Waals surface area contributed by atoms with E-state index in [-0.39, 0.29) is 6.04 Å². The Bertz CT molecular complexity index is 172. The fourth-order valence-electron chi connectivity index (χ4n) is 1.52. The minimum Gasteiger partial charge on any atom is -0.306 e. The van der Waals surface area contributed by atoms with Crippen LogP contribution in [0.4, 0.5) is 0 Å². The molecule has 0 aliphatic carbocycles. The molecule has 0 rings (SSSR count). The second-order valence-corrected chi connectivity index (χ2v) is 4.18. The molecule has 0 aliphatic rings. The van der Waals surface area contributed by atoms with Crippen LogP contribution in [0, 0.1) is 17.2 Å². The van der Waals surface area contributed by atoms with Crippen LogP contribution in [0.5, 0.6) is 0 Å². The standard InChI is InChI=1S/C11H23N3/c1-5-13-11(8-12)6-7-14(4)9-10(2)3/h10-11,13H,5-7,9H2,1-4H3. The van der Waals surface area contributed by atoms with Crippen molar-refractivity contribution in [2.24, 2.45) is 5.92 Å². The number of rotatable bonds is 7. The average molecular weight is 197 g/mol. The Morgan fingerprint density at radius 1 is 1.43 bits per heavy atom. The molecule has 0 saturated heterocycles. The summed E-state index contributed by atoms with van der Waals surface area (Å²) in [6.45, 7) is 9.41. The third kappa shape index (κ3) is 6.88. The fraction of sp³-hybridized carbons (Fsp3) is 0.909. The maximum Gasteiger partial charge on any atom is 0.0965 e. The molecule has 0 aromatic carbocycles. The van der Waals surface area contributed by atoms with Crippen molar-refractivity contribution in [3.63, 3.8) is 0 Å². The molecule has 0 amide bonds. The summed E-state index contributed by atoms with van der Waals surface area (Å²) in [5.41, 5.74) is 0. The third-order valence-electron chi connectivity index (χ3n) is 2.08. The molecule has 0 heterocycles. The van der Waals surface area contributed by atoms with Gasteiger partial charge in [0.05, 0.1) is 12.1 Å². The molecule has 0 radical (unpaired) electrons. The van der Waals surface area contributed by atoms with E-state index in [0.29, 0.717) is 5.92 Å². The molecule has 3 heteroatoms. The van der Waals surface area contributed by atoms with Gasteiger partial charge in [-0.2, -0.15) is 5.26 Å². The van der Waals surface area contributed by atoms with Gasteiger partial charge in [-0.25, -0.2) is 0 Å². The van der Waals surface area contributed by atoms with Crippen LogP contribution in [0.1, 0.15) is 27.2 Å². The van der Waals surface area contributed by atoms with E-state index < -0.39 is 0 Å². The van der Waals surface area contributed by atoms with E-state index in [9.17, 15) is 0 Å². The molecule has 0 spiro atoms. The van der Waals surface area contributed by atoms with Crippen molar-refractivity contribution in [2.45, 2.75) is 33.2 Å². The number of hydrogen-bond acceptors (Lipinski definition) is 3. The van der Waals surface area contributed by atoms with Crippen LogP contribution < -0.4 is 5.32 Å². The monoisotopic (exact) mass is 197 g/mol. The summed E-state index contributed by atoms with van der Waals surface area (Å²) in [7, 11) is 2.11. The predicted octanol–water partition coefficient (Wildman–Crippen LogP) is 1.47. The summed E-state index contributed by atoms with van der Waals surface area (Å²) in [6.07, 6.45) is 0.910. The number of hydrogen-bond donors (Lipinski definition) is 1. The summed E-state index contributed by atoms with van der Waals surface area (Å²) in [5.74, 6) is 0.694. The highest BCUT2D eigenvalue weighted by atomic mass is 15.1. The first-order valence-corrected chi connectivity index (χ1v) is 5.41. The van der Waals surface area contributed by atoms with E-state index >= 15 is 0 Å². The maximum atomic E-state index is 8.82. The lowest BCUT2D eigenvalue weighted by Gasteiger charge is -2.20. The van der Waals surface area contributed by atoms with Crippen molar-refractivity contribution in [3.05, 3.63) is 0 Å². The Morgan fingerprint density at radius 3 is 2.50 bits per heavy atom. The van der Waals surface area contributed by atoms with Gasteiger partial charge in [0.25, 0.3) is 0 Å². The van der Waals surface area contributed by atoms with Crippen molar-refractivity contribution >= 4 is 0 Å². The van der Waals surface area contributed by atoms with Crippen molar-refractivity contribution < 1.29 is 0 Å². The molecule has 14 heavy (non-hydrogen) atoms. The van der Waals surface area contributed by atoms with E-state index in [1.807, 2.05) is 6.92 Å². The lowest BCUT2D eigenvalue weighted by Crippen LogP contribution is -2.33. The smallest absolute Gasteiger partial charge is 0.0965 e. The minimum atomic E-state index is 0.00890. The largest absolute Gasteiger partial charge is 0.306 e. The number of nitriles is 1. The molecule has 0 aromatic rings. The molecular formula is C11H23N3. The van der Waals surface area contributed by atoms with E-state index in [2.05, 4.69) is 37.2 Å². The molecule has 0 bridgehead atoms. The van der Waals surface area contributed by atoms with Crippen LogP contribution in [-0.4, -0.2) is 37.6 Å². The van der Waals surface area contributed by atoms with Gasteiger partial charge in [0.1, 0.15) is 0 Å². The van der Waals surface area contributed by atoms with E-state index in [0.717, 1.165) is 26.1 Å². The first kappa shape index (κ1) is 13.4. The van der Waals surface area contributed by atoms with Crippen LogP contribution >= 0.6 is 0 Å². The van der Waals surface area contributed by atoms with Gasteiger partial charge < -0.3 is 10.2 Å². The van der Waals surface area contributed by atoms with Gasteiger partial charge in [-0.3, -0.25) is 0 Å². The van der Waals surface area contributed by atoms with Crippen molar-refractivity contribution in [3.8, 4) is 6.07 Å². The predicted molar refractivity (Wildman–Crippen MR) is 60.0 cm³/mol. The Hall–Kier alpha value is -0.590. The first-order valence-electron chi connectivity index (χ1n) is 5.41. The highest BCUT2D eigenvalue weighted by molar-refractivity contribution is 4.89. The Morgan fingerprint density at radius 2 is 2.07 bits per heavy atom. The van der Waals surface area contributed by atoms with Crippen LogP contribution in [-0.2, 0) is 0 Å². The zero-order chi connectivity index (χ0) is 11.0. The second-order valence-electron chi connectivity index (χ2n) is 4.18. The second kappa shape index (κ2) is 7.78. The first-order chi connectivity index (χ1) is 6.60. The van der Waals surface area contributed by atoms with Gasteiger partial charge in [0, 0.05) is 13.1 Å². The summed E-state index contributed by atoms with van der Waals surface area (Å²) >= 11 is 0. The molecule has 1 atom stereocenters. The summed E-state index contributed by atoms with van der Waals surface area (Å²) in [5, 5.41) is 12.0. The SMILES string of the molecule is CCNC(C#N)CCN(C)CC(C)C. The Labute approximate surface area is 88.1 Å². The molecule has 1 N–H and O–H groups in total. The summed E-state index contributed by atoms with van der Waals surface area (Å²) in [6, 6.07) is 2.28. The van der Waals surface area contributed by atoms with Crippen LogP contribution in [0.15, 0.2) is 0 Å².